The van der Waals surface area contributed by atoms with Crippen molar-refractivity contribution >= 4 is 23.9 Å². The van der Waals surface area contributed by atoms with Crippen LogP contribution in [0.5, 0.6) is 0 Å². The first kappa shape index (κ1) is 25.2. The number of aliphatic imine (C=N–C) groups is 2. The summed E-state index contributed by atoms with van der Waals surface area (Å²) in [5, 5.41) is 42.0. The van der Waals surface area contributed by atoms with Crippen LogP contribution in [0.1, 0.15) is 6.92 Å². The zero-order valence-electron chi connectivity index (χ0n) is 16.9. The highest BCUT2D eigenvalue weighted by atomic mass is 16.6. The number of aliphatic hydroxyl groups excluding tert-OH is 3. The number of nitrogens with one attached hydrogen (secondary N) is 3. The van der Waals surface area contributed by atoms with Crippen molar-refractivity contribution in [2.45, 2.75) is 31.5 Å². The Morgan fingerprint density at radius 1 is 1.40 bits per heavy atom. The smallest absolute Gasteiger partial charge is 0.254 e. The van der Waals surface area contributed by atoms with E-state index in [2.05, 4.69) is 27.2 Å². The van der Waals surface area contributed by atoms with E-state index < -0.39 is 37.1 Å². The lowest BCUT2D eigenvalue weighted by molar-refractivity contribution is -0.116. The summed E-state index contributed by atoms with van der Waals surface area (Å²) in [6.45, 7) is 5.41. The number of amides is 1. The van der Waals surface area contributed by atoms with Crippen LogP contribution >= 0.6 is 0 Å². The molecule has 1 fully saturated rings. The highest BCUT2D eigenvalue weighted by molar-refractivity contribution is 6.11. The van der Waals surface area contributed by atoms with Crippen LogP contribution in [0.3, 0.4) is 0 Å². The van der Waals surface area contributed by atoms with E-state index in [1.807, 2.05) is 0 Å². The van der Waals surface area contributed by atoms with Gasteiger partial charge in [-0.15, -0.1) is 0 Å². The molecule has 0 radical (unpaired) electrons. The molecule has 0 aromatic carbocycles. The number of nitrogens with two attached hydrogens (primary N) is 2. The van der Waals surface area contributed by atoms with E-state index >= 15 is 0 Å². The van der Waals surface area contributed by atoms with Gasteiger partial charge in [-0.2, -0.15) is 4.99 Å². The van der Waals surface area contributed by atoms with Crippen LogP contribution < -0.4 is 22.1 Å². The largest absolute Gasteiger partial charge is 0.394 e. The molecule has 1 aliphatic heterocycles. The summed E-state index contributed by atoms with van der Waals surface area (Å²) in [5.41, 5.74) is 11.1. The van der Waals surface area contributed by atoms with E-state index in [1.54, 1.807) is 6.92 Å². The number of hydrogen-bond acceptors (Lipinski definition) is 9. The normalized spacial score (nSPS) is 25.1. The topological polar surface area (TPSA) is 215 Å². The Bertz CT molecular complexity index is 723. The number of carbonyl (C=O) groups is 1. The summed E-state index contributed by atoms with van der Waals surface area (Å²) in [5.74, 6) is -0.389. The third-order valence-corrected chi connectivity index (χ3v) is 4.20. The lowest BCUT2D eigenvalue weighted by atomic mass is 10.1. The fourth-order valence-electron chi connectivity index (χ4n) is 2.57. The minimum Gasteiger partial charge on any atom is -0.394 e. The van der Waals surface area contributed by atoms with E-state index in [4.69, 9.17) is 21.6 Å². The molecule has 30 heavy (non-hydrogen) atoms. The summed E-state index contributed by atoms with van der Waals surface area (Å²) in [6, 6.07) is 0. The molecule has 0 saturated carbocycles. The molecule has 13 nitrogen and oxygen atoms in total. The number of rotatable bonds is 9. The van der Waals surface area contributed by atoms with Gasteiger partial charge in [0.1, 0.15) is 30.0 Å². The Morgan fingerprint density at radius 2 is 2.07 bits per heavy atom. The maximum absolute atomic E-state index is 11.7. The molecule has 1 rings (SSSR count). The van der Waals surface area contributed by atoms with E-state index in [0.29, 0.717) is 6.54 Å². The third kappa shape index (κ3) is 6.33. The van der Waals surface area contributed by atoms with Gasteiger partial charge in [-0.25, -0.2) is 4.99 Å². The Balaban J connectivity index is 3.14. The number of guanidine groups is 1. The van der Waals surface area contributed by atoms with Crippen LogP contribution in [0.15, 0.2) is 34.2 Å². The van der Waals surface area contributed by atoms with Gasteiger partial charge in [-0.3, -0.25) is 4.79 Å². The molecule has 0 aromatic heterocycles. The molecule has 0 bridgehead atoms. The molecule has 4 atom stereocenters. The van der Waals surface area contributed by atoms with Crippen molar-refractivity contribution in [2.75, 3.05) is 26.7 Å². The zero-order valence-corrected chi connectivity index (χ0v) is 16.9. The zero-order chi connectivity index (χ0) is 22.8. The molecule has 0 aromatic rings. The van der Waals surface area contributed by atoms with E-state index in [0.717, 1.165) is 12.4 Å². The minimum absolute atomic E-state index is 0.0368. The minimum atomic E-state index is -1.30. The van der Waals surface area contributed by atoms with Crippen molar-refractivity contribution in [2.24, 2.45) is 21.5 Å². The number of nitrogens with zero attached hydrogens (tertiary/aromatic N) is 3. The summed E-state index contributed by atoms with van der Waals surface area (Å²) >= 11 is 0. The monoisotopic (exact) mass is 426 g/mol. The number of hydrogen-bond donors (Lipinski definition) is 8. The molecule has 1 saturated heterocycles. The Kier molecular flexibility index (Phi) is 10.1. The second-order valence-corrected chi connectivity index (χ2v) is 6.15. The van der Waals surface area contributed by atoms with Gasteiger partial charge in [-0.1, -0.05) is 6.58 Å². The second-order valence-electron chi connectivity index (χ2n) is 6.15. The molecular formula is C17H30N8O5. The first-order chi connectivity index (χ1) is 14.2. The predicted molar refractivity (Wildman–Crippen MR) is 111 cm³/mol. The van der Waals surface area contributed by atoms with Crippen molar-refractivity contribution in [3.63, 3.8) is 0 Å². The van der Waals surface area contributed by atoms with Gasteiger partial charge in [0.2, 0.25) is 5.96 Å². The fraction of sp³-hybridized carbons (Fsp3) is 0.529. The van der Waals surface area contributed by atoms with Crippen molar-refractivity contribution in [3.8, 4) is 0 Å². The van der Waals surface area contributed by atoms with Crippen molar-refractivity contribution < 1.29 is 24.9 Å². The van der Waals surface area contributed by atoms with Gasteiger partial charge in [0.25, 0.3) is 5.91 Å². The fourth-order valence-corrected chi connectivity index (χ4v) is 2.57. The summed E-state index contributed by atoms with van der Waals surface area (Å²) < 4.78 is 5.51. The van der Waals surface area contributed by atoms with Gasteiger partial charge >= 0.3 is 0 Å². The lowest BCUT2D eigenvalue weighted by Crippen LogP contribution is -2.47. The molecule has 0 aliphatic carbocycles. The summed E-state index contributed by atoms with van der Waals surface area (Å²) in [4.78, 5) is 21.2. The van der Waals surface area contributed by atoms with Crippen molar-refractivity contribution in [1.82, 2.24) is 15.5 Å². The van der Waals surface area contributed by atoms with Crippen molar-refractivity contribution in [3.05, 3.63) is 24.2 Å². The van der Waals surface area contributed by atoms with Crippen LogP contribution in [0, 0.1) is 5.41 Å². The molecule has 10 N–H and O–H groups in total. The average molecular weight is 426 g/mol. The molecule has 1 amide bonds. The Morgan fingerprint density at radius 3 is 2.53 bits per heavy atom. The number of amidine groups is 1. The van der Waals surface area contributed by atoms with Gasteiger partial charge < -0.3 is 52.5 Å². The van der Waals surface area contributed by atoms with Crippen LogP contribution in [-0.2, 0) is 9.53 Å². The standard InChI is InChI=1S/C17H30N8O5/c1-4-25(16-14(28)13(27)11(8-26)30-16)9(2)23-17(24-12(20)6-19)22-7-10(5-18)15(29)21-3/h5,7,11,13-14,16,18,26-28H,2,4,6,8,19H2,1,3H3,(H,21,29)(H3,20,22,23,24)/b10-7+,18-5?/t11?,13?,14-,16?/m1/s1. The molecule has 1 aliphatic rings. The Labute approximate surface area is 174 Å². The predicted octanol–water partition coefficient (Wildman–Crippen LogP) is -3.24. The maximum atomic E-state index is 11.7. The number of aliphatic hydroxyl groups is 3. The van der Waals surface area contributed by atoms with E-state index in [-0.39, 0.29) is 29.7 Å². The second kappa shape index (κ2) is 12.0. The first-order valence-electron chi connectivity index (χ1n) is 9.12. The van der Waals surface area contributed by atoms with Crippen molar-refractivity contribution in [1.29, 1.82) is 5.41 Å². The number of ether oxygens (including phenoxy) is 1. The molecule has 3 unspecified atom stereocenters. The van der Waals surface area contributed by atoms with Crippen LogP contribution in [0.25, 0.3) is 0 Å². The third-order valence-electron chi connectivity index (χ3n) is 4.20. The maximum Gasteiger partial charge on any atom is 0.254 e. The summed E-state index contributed by atoms with van der Waals surface area (Å²) in [7, 11) is 1.41. The molecule has 13 heteroatoms. The quantitative estimate of drug-likeness (QED) is 0.105. The molecular weight excluding hydrogens is 396 g/mol. The van der Waals surface area contributed by atoms with Crippen LogP contribution in [0.2, 0.25) is 0 Å². The van der Waals surface area contributed by atoms with Gasteiger partial charge in [0.05, 0.1) is 18.7 Å². The van der Waals surface area contributed by atoms with E-state index in [9.17, 15) is 20.1 Å². The van der Waals surface area contributed by atoms with Gasteiger partial charge in [-0.05, 0) is 6.92 Å². The summed E-state index contributed by atoms with van der Waals surface area (Å²) in [6.07, 6.45) is -2.57. The number of carbonyl (C=O) groups excluding carboxylic acids is 1. The van der Waals surface area contributed by atoms with Gasteiger partial charge in [0.15, 0.2) is 6.23 Å². The van der Waals surface area contributed by atoms with E-state index in [1.165, 1.54) is 11.9 Å². The number of likely N-dealkylation sites (N-methyl/N-ethyl adjacent to an activating group) is 2. The SMILES string of the molecule is C=C(NC(N=C(N)CN)=N/C=C(\C=N)C(=O)NC)N(CC)C1OC(CO)C(O)[C@H]1O. The van der Waals surface area contributed by atoms with Gasteiger partial charge in [0, 0.05) is 26.0 Å². The lowest BCUT2D eigenvalue weighted by Gasteiger charge is -2.32. The Hall–Kier alpha value is -2.84. The molecule has 168 valence electrons. The average Bonchev–Trinajstić information content (AvgIpc) is 3.02. The highest BCUT2D eigenvalue weighted by Gasteiger charge is 2.45. The molecule has 0 spiro atoms. The molecule has 1 heterocycles. The first-order valence-corrected chi connectivity index (χ1v) is 9.12. The highest BCUT2D eigenvalue weighted by Crippen LogP contribution is 2.25. The van der Waals surface area contributed by atoms with Crippen LogP contribution in [0.4, 0.5) is 0 Å². The van der Waals surface area contributed by atoms with Crippen LogP contribution in [-0.4, -0.2) is 95.4 Å².